The number of amides is 2. The molecule has 1 aromatic carbocycles. The number of thiophene rings is 1. The van der Waals surface area contributed by atoms with Crippen LogP contribution in [0.4, 0.5) is 4.79 Å². The normalized spacial score (nSPS) is 17.5. The quantitative estimate of drug-likeness (QED) is 0.701. The first-order valence-electron chi connectivity index (χ1n) is 10.8. The Morgan fingerprint density at radius 2 is 1.97 bits per heavy atom. The predicted molar refractivity (Wildman–Crippen MR) is 126 cm³/mol. The highest BCUT2D eigenvalue weighted by molar-refractivity contribution is 7.90. The van der Waals surface area contributed by atoms with Gasteiger partial charge in [0.1, 0.15) is 0 Å². The number of fused-ring (bicyclic) bond motifs is 1. The van der Waals surface area contributed by atoms with E-state index in [1.807, 2.05) is 13.0 Å². The molecule has 1 aliphatic rings. The van der Waals surface area contributed by atoms with Crippen molar-refractivity contribution in [3.8, 4) is 0 Å². The van der Waals surface area contributed by atoms with Crippen LogP contribution in [0.3, 0.4) is 0 Å². The van der Waals surface area contributed by atoms with Crippen molar-refractivity contribution in [2.45, 2.75) is 43.7 Å². The first-order valence-corrected chi connectivity index (χ1v) is 13.5. The molecule has 0 aliphatic carbocycles. The van der Waals surface area contributed by atoms with E-state index in [4.69, 9.17) is 9.47 Å². The molecule has 2 aromatic rings. The summed E-state index contributed by atoms with van der Waals surface area (Å²) >= 11 is 1.47. The number of aryl methyl sites for hydroxylation is 1. The summed E-state index contributed by atoms with van der Waals surface area (Å²) in [7, 11) is -1.87. The van der Waals surface area contributed by atoms with Gasteiger partial charge in [-0.2, -0.15) is 0 Å². The summed E-state index contributed by atoms with van der Waals surface area (Å²) in [6.07, 6.45) is 2.99. The lowest BCUT2D eigenvalue weighted by Crippen LogP contribution is -2.35. The predicted octanol–water partition coefficient (Wildman–Crippen LogP) is 3.04. The van der Waals surface area contributed by atoms with E-state index in [-0.39, 0.29) is 23.0 Å². The molecule has 0 unspecified atom stereocenters. The molecule has 8 nitrogen and oxygen atoms in total. The Hall–Kier alpha value is -2.43. The SMILES string of the molecule is COC(=O)N1CCCc2sc(C(=O)NCc3ccc(S(C)(=O)=O)cc3)cc2C[C@H](C)OCC1. The van der Waals surface area contributed by atoms with Crippen LogP contribution in [0.5, 0.6) is 0 Å². The van der Waals surface area contributed by atoms with Gasteiger partial charge in [0.05, 0.1) is 29.6 Å². The van der Waals surface area contributed by atoms with E-state index in [1.54, 1.807) is 29.2 Å². The van der Waals surface area contributed by atoms with Gasteiger partial charge in [-0.3, -0.25) is 4.79 Å². The van der Waals surface area contributed by atoms with Gasteiger partial charge in [-0.05, 0) is 55.5 Å². The Morgan fingerprint density at radius 1 is 1.24 bits per heavy atom. The Morgan fingerprint density at radius 3 is 2.64 bits per heavy atom. The number of rotatable bonds is 4. The standard InChI is InChI=1S/C23H30N2O6S2/c1-16-13-18-14-21(22(26)24-15-17-6-8-19(9-7-17)33(3,28)29)32-20(18)5-4-10-25(11-12-31-16)23(27)30-2/h6-9,14,16H,4-5,10-13,15H2,1-3H3,(H,24,26)/t16-/m0/s1. The number of ether oxygens (including phenoxy) is 2. The second-order valence-corrected chi connectivity index (χ2v) is 11.3. The van der Waals surface area contributed by atoms with Crippen molar-refractivity contribution in [2.24, 2.45) is 0 Å². The van der Waals surface area contributed by atoms with Gasteiger partial charge in [-0.25, -0.2) is 13.2 Å². The zero-order chi connectivity index (χ0) is 24.0. The van der Waals surface area contributed by atoms with Gasteiger partial charge in [0.25, 0.3) is 5.91 Å². The van der Waals surface area contributed by atoms with E-state index in [2.05, 4.69) is 5.32 Å². The maximum Gasteiger partial charge on any atom is 0.409 e. The van der Waals surface area contributed by atoms with Crippen molar-refractivity contribution in [3.63, 3.8) is 0 Å². The Labute approximate surface area is 198 Å². The smallest absolute Gasteiger partial charge is 0.409 e. The summed E-state index contributed by atoms with van der Waals surface area (Å²) in [5.74, 6) is -0.170. The third-order valence-electron chi connectivity index (χ3n) is 5.46. The van der Waals surface area contributed by atoms with Crippen molar-refractivity contribution in [2.75, 3.05) is 33.1 Å². The first-order chi connectivity index (χ1) is 15.7. The third kappa shape index (κ3) is 7.02. The fourth-order valence-electron chi connectivity index (χ4n) is 3.67. The van der Waals surface area contributed by atoms with Crippen molar-refractivity contribution in [3.05, 3.63) is 51.2 Å². The highest BCUT2D eigenvalue weighted by atomic mass is 32.2. The molecule has 0 bridgehead atoms. The Kier molecular flexibility index (Phi) is 8.50. The van der Waals surface area contributed by atoms with Crippen LogP contribution in [-0.2, 0) is 38.7 Å². The third-order valence-corrected chi connectivity index (χ3v) is 7.82. The molecule has 2 amide bonds. The van der Waals surface area contributed by atoms with E-state index < -0.39 is 9.84 Å². The van der Waals surface area contributed by atoms with Crippen LogP contribution >= 0.6 is 11.3 Å². The molecule has 1 aromatic heterocycles. The fraction of sp³-hybridized carbons (Fsp3) is 0.478. The molecule has 0 spiro atoms. The number of carbonyl (C=O) groups excluding carboxylic acids is 2. The second-order valence-electron chi connectivity index (χ2n) is 8.10. The summed E-state index contributed by atoms with van der Waals surface area (Å²) in [5.41, 5.74) is 1.92. The van der Waals surface area contributed by atoms with Gasteiger partial charge < -0.3 is 19.7 Å². The maximum absolute atomic E-state index is 12.8. The topological polar surface area (TPSA) is 102 Å². The van der Waals surface area contributed by atoms with Crippen LogP contribution in [0.2, 0.25) is 0 Å². The highest BCUT2D eigenvalue weighted by Crippen LogP contribution is 2.26. The van der Waals surface area contributed by atoms with Crippen molar-refractivity contribution in [1.29, 1.82) is 0 Å². The van der Waals surface area contributed by atoms with E-state index >= 15 is 0 Å². The van der Waals surface area contributed by atoms with Crippen LogP contribution in [0.15, 0.2) is 35.2 Å². The number of benzene rings is 1. The van der Waals surface area contributed by atoms with E-state index in [1.165, 1.54) is 18.4 Å². The second kappa shape index (κ2) is 11.1. The van der Waals surface area contributed by atoms with Gasteiger partial charge in [0, 0.05) is 30.8 Å². The lowest BCUT2D eigenvalue weighted by molar-refractivity contribution is 0.0459. The maximum atomic E-state index is 12.8. The number of hydrogen-bond acceptors (Lipinski definition) is 7. The average Bonchev–Trinajstić information content (AvgIpc) is 3.16. The first kappa shape index (κ1) is 25.2. The van der Waals surface area contributed by atoms with Crippen molar-refractivity contribution >= 4 is 33.2 Å². The van der Waals surface area contributed by atoms with Crippen LogP contribution in [0.25, 0.3) is 0 Å². The van der Waals surface area contributed by atoms with E-state index in [9.17, 15) is 18.0 Å². The minimum absolute atomic E-state index is 0.0415. The van der Waals surface area contributed by atoms with Gasteiger partial charge in [0.2, 0.25) is 0 Å². The molecule has 180 valence electrons. The molecule has 2 heterocycles. The van der Waals surface area contributed by atoms with Gasteiger partial charge in [-0.15, -0.1) is 11.3 Å². The van der Waals surface area contributed by atoms with Crippen LogP contribution in [0.1, 0.15) is 39.0 Å². The summed E-state index contributed by atoms with van der Waals surface area (Å²) < 4.78 is 33.9. The lowest BCUT2D eigenvalue weighted by Gasteiger charge is -2.21. The molecule has 0 saturated heterocycles. The van der Waals surface area contributed by atoms with Gasteiger partial charge in [-0.1, -0.05) is 12.1 Å². The molecule has 0 saturated carbocycles. The van der Waals surface area contributed by atoms with Gasteiger partial charge in [0.15, 0.2) is 9.84 Å². The summed E-state index contributed by atoms with van der Waals surface area (Å²) in [4.78, 5) is 28.4. The number of carbonyl (C=O) groups is 2. The number of nitrogens with zero attached hydrogens (tertiary/aromatic N) is 1. The molecule has 0 radical (unpaired) electrons. The molecular formula is C23H30N2O6S2. The fourth-order valence-corrected chi connectivity index (χ4v) is 5.46. The average molecular weight is 495 g/mol. The molecule has 33 heavy (non-hydrogen) atoms. The molecule has 3 rings (SSSR count). The molecule has 0 fully saturated rings. The summed E-state index contributed by atoms with van der Waals surface area (Å²) in [6.45, 7) is 3.78. The Bertz CT molecular complexity index is 1080. The molecule has 1 aliphatic heterocycles. The van der Waals surface area contributed by atoms with Crippen LogP contribution < -0.4 is 5.32 Å². The monoisotopic (exact) mass is 494 g/mol. The zero-order valence-corrected chi connectivity index (χ0v) is 20.8. The molecule has 1 atom stereocenters. The van der Waals surface area contributed by atoms with Gasteiger partial charge >= 0.3 is 6.09 Å². The minimum atomic E-state index is -3.25. The van der Waals surface area contributed by atoms with E-state index in [0.29, 0.717) is 37.5 Å². The van der Waals surface area contributed by atoms with Crippen molar-refractivity contribution < 1.29 is 27.5 Å². The molecule has 10 heteroatoms. The van der Waals surface area contributed by atoms with Crippen LogP contribution in [0, 0.1) is 0 Å². The number of sulfone groups is 1. The summed E-state index contributed by atoms with van der Waals surface area (Å²) in [5, 5.41) is 2.91. The number of methoxy groups -OCH3 is 1. The highest BCUT2D eigenvalue weighted by Gasteiger charge is 2.20. The minimum Gasteiger partial charge on any atom is -0.453 e. The Balaban J connectivity index is 1.67. The summed E-state index contributed by atoms with van der Waals surface area (Å²) in [6, 6.07) is 8.42. The van der Waals surface area contributed by atoms with Crippen LogP contribution in [-0.4, -0.2) is 64.5 Å². The van der Waals surface area contributed by atoms with Crippen molar-refractivity contribution in [1.82, 2.24) is 10.2 Å². The molecule has 1 N–H and O–H groups in total. The molecular weight excluding hydrogens is 464 g/mol. The zero-order valence-electron chi connectivity index (χ0n) is 19.1. The number of nitrogens with one attached hydrogen (secondary N) is 1. The lowest BCUT2D eigenvalue weighted by atomic mass is 10.1. The largest absolute Gasteiger partial charge is 0.453 e. The number of hydrogen-bond donors (Lipinski definition) is 1. The van der Waals surface area contributed by atoms with E-state index in [0.717, 1.165) is 35.1 Å².